The number of halogens is 8. The van der Waals surface area contributed by atoms with Crippen LogP contribution in [0.4, 0.5) is 26.3 Å². The van der Waals surface area contributed by atoms with Crippen molar-refractivity contribution in [1.82, 2.24) is 0 Å². The van der Waals surface area contributed by atoms with Crippen LogP contribution in [-0.4, -0.2) is 3.21 Å². The van der Waals surface area contributed by atoms with Crippen molar-refractivity contribution in [3.05, 3.63) is 162 Å². The van der Waals surface area contributed by atoms with Gasteiger partial charge in [0.25, 0.3) is 0 Å². The van der Waals surface area contributed by atoms with Gasteiger partial charge in [-0.05, 0) is 0 Å². The van der Waals surface area contributed by atoms with E-state index in [4.69, 9.17) is 0 Å². The summed E-state index contributed by atoms with van der Waals surface area (Å²) in [5, 5.41) is 0. The minimum absolute atomic E-state index is 0. The van der Waals surface area contributed by atoms with Crippen LogP contribution in [0.5, 0.6) is 0 Å². The zero-order valence-corrected chi connectivity index (χ0v) is 34.5. The van der Waals surface area contributed by atoms with Crippen LogP contribution in [0.25, 0.3) is 23.3 Å². The molecule has 0 bridgehead atoms. The maximum absolute atomic E-state index is 13.9. The summed E-state index contributed by atoms with van der Waals surface area (Å²) in [6.45, 7) is 13.1. The van der Waals surface area contributed by atoms with Crippen molar-refractivity contribution < 1.29 is 72.4 Å². The molecule has 0 radical (unpaired) electrons. The first kappa shape index (κ1) is 40.4. The molecule has 8 rings (SSSR count). The Morgan fingerprint density at radius 2 is 1.04 bits per heavy atom. The molecule has 278 valence electrons. The normalized spacial score (nSPS) is 18.4. The Balaban J connectivity index is 0.00000249. The van der Waals surface area contributed by atoms with Crippen LogP contribution in [0.3, 0.4) is 0 Å². The van der Waals surface area contributed by atoms with Crippen molar-refractivity contribution in [2.75, 3.05) is 0 Å². The van der Waals surface area contributed by atoms with Gasteiger partial charge in [0, 0.05) is 0 Å². The van der Waals surface area contributed by atoms with Gasteiger partial charge in [-0.1, -0.05) is 0 Å². The molecule has 0 saturated heterocycles. The molecule has 0 fully saturated rings. The summed E-state index contributed by atoms with van der Waals surface area (Å²) in [4.78, 5) is 0. The van der Waals surface area contributed by atoms with Gasteiger partial charge in [0.1, 0.15) is 0 Å². The largest absolute Gasteiger partial charge is 1.00 e. The molecule has 0 saturated carbocycles. The first-order chi connectivity index (χ1) is 24.3. The van der Waals surface area contributed by atoms with Crippen molar-refractivity contribution in [2.45, 2.75) is 68.4 Å². The van der Waals surface area contributed by atoms with Crippen LogP contribution >= 0.6 is 0 Å². The Morgan fingerprint density at radius 1 is 0.630 bits per heavy atom. The minimum Gasteiger partial charge on any atom is -1.00 e. The summed E-state index contributed by atoms with van der Waals surface area (Å²) in [6, 6.07) is 19.9. The fraction of sp³-hybridized carbons (Fsp3) is 0.267. The first-order valence-electron chi connectivity index (χ1n) is 17.6. The SMILES string of the molecule is CC1=CC(C)[C]([Zr+2](=[C](c2ccc(C(F)(F)F)cc2)c2ccc(C(F)(F)F)cc2)[CH]2c3cc4c(cc3-c3cc5c(cc32)C(C)(C)C=C5)C=CC4(C)C)=C1.[Cl-].[Cl-]. The molecule has 4 aliphatic rings. The molecule has 0 N–H and O–H groups in total. The summed E-state index contributed by atoms with van der Waals surface area (Å²) in [5.41, 5.74) is 10.0. The number of benzene rings is 4. The molecule has 4 aromatic carbocycles. The zero-order valence-electron chi connectivity index (χ0n) is 30.6. The molecule has 4 aliphatic carbocycles. The van der Waals surface area contributed by atoms with Crippen molar-refractivity contribution in [3.63, 3.8) is 0 Å². The number of alkyl halides is 6. The Morgan fingerprint density at radius 3 is 1.39 bits per heavy atom. The summed E-state index contributed by atoms with van der Waals surface area (Å²) in [6.07, 6.45) is 4.28. The fourth-order valence-corrected chi connectivity index (χ4v) is 18.3. The maximum atomic E-state index is 13.9. The van der Waals surface area contributed by atoms with E-state index in [-0.39, 0.29) is 45.2 Å². The van der Waals surface area contributed by atoms with Gasteiger partial charge < -0.3 is 24.8 Å². The van der Waals surface area contributed by atoms with Gasteiger partial charge in [-0.2, -0.15) is 0 Å². The zero-order chi connectivity index (χ0) is 37.1. The van der Waals surface area contributed by atoms with E-state index < -0.39 is 44.7 Å². The molecule has 0 aromatic heterocycles. The molecule has 0 spiro atoms. The molecule has 0 amide bonds. The molecule has 1 atom stereocenters. The van der Waals surface area contributed by atoms with E-state index in [2.05, 4.69) is 102 Å². The summed E-state index contributed by atoms with van der Waals surface area (Å²) < 4.78 is 85.4. The molecular formula is C45H38Cl2F6Zr. The molecule has 54 heavy (non-hydrogen) atoms. The molecule has 4 aromatic rings. The van der Waals surface area contributed by atoms with Gasteiger partial charge in [0.2, 0.25) is 0 Å². The van der Waals surface area contributed by atoms with Crippen LogP contribution in [-0.2, 0) is 44.4 Å². The van der Waals surface area contributed by atoms with E-state index in [1.165, 1.54) is 60.9 Å². The molecular weight excluding hydrogens is 817 g/mol. The predicted molar refractivity (Wildman–Crippen MR) is 195 cm³/mol. The van der Waals surface area contributed by atoms with E-state index in [0.717, 1.165) is 44.2 Å². The monoisotopic (exact) mass is 852 g/mol. The number of hydrogen-bond donors (Lipinski definition) is 0. The average Bonchev–Trinajstić information content (AvgIpc) is 3.77. The summed E-state index contributed by atoms with van der Waals surface area (Å²) >= 11 is -3.52. The molecule has 0 aliphatic heterocycles. The third kappa shape index (κ3) is 6.71. The second-order valence-electron chi connectivity index (χ2n) is 15.8. The van der Waals surface area contributed by atoms with E-state index in [1.807, 2.05) is 0 Å². The van der Waals surface area contributed by atoms with Crippen LogP contribution in [0.2, 0.25) is 0 Å². The van der Waals surface area contributed by atoms with E-state index in [1.54, 1.807) is 0 Å². The van der Waals surface area contributed by atoms with Crippen molar-refractivity contribution in [2.24, 2.45) is 5.92 Å². The number of hydrogen-bond acceptors (Lipinski definition) is 0. The molecule has 1 unspecified atom stereocenters. The van der Waals surface area contributed by atoms with Crippen molar-refractivity contribution in [3.8, 4) is 11.1 Å². The number of allylic oxidation sites excluding steroid dienone is 6. The molecule has 9 heteroatoms. The van der Waals surface area contributed by atoms with Crippen molar-refractivity contribution in [1.29, 1.82) is 0 Å². The van der Waals surface area contributed by atoms with E-state index >= 15 is 0 Å². The third-order valence-corrected chi connectivity index (χ3v) is 20.1. The smallest absolute Gasteiger partial charge is 1.00 e. The van der Waals surface area contributed by atoms with Gasteiger partial charge in [-0.3, -0.25) is 0 Å². The fourth-order valence-electron chi connectivity index (χ4n) is 8.67. The van der Waals surface area contributed by atoms with Gasteiger partial charge in [0.15, 0.2) is 0 Å². The standard InChI is InChI=1S/C23H21.C15H8F6.C7H9.2ClH.Zr/c1-22(2)7-5-14-10-18-16(12-20(14)22)9-17-13-21-15(11-19(17)18)6-8-23(21,3)4;16-14(17,18)12-5-1-10(2-6-12)9-11-3-7-13(8-4-11)15(19,20)21;1-6-3-4-7(2)5-6;;;/h5-13H,1-4H3;1-8H;3,5,7H,1-2H3;2*1H;/q;;;;;+2/p-2. The van der Waals surface area contributed by atoms with E-state index in [9.17, 15) is 26.3 Å². The van der Waals surface area contributed by atoms with Gasteiger partial charge >= 0.3 is 310 Å². The topological polar surface area (TPSA) is 0 Å². The minimum atomic E-state index is -4.52. The third-order valence-electron chi connectivity index (χ3n) is 11.4. The molecule has 0 heterocycles. The summed E-state index contributed by atoms with van der Waals surface area (Å²) in [5.74, 6) is 0.0702. The first-order valence-corrected chi connectivity index (χ1v) is 21.5. The van der Waals surface area contributed by atoms with Crippen LogP contribution < -0.4 is 24.8 Å². The van der Waals surface area contributed by atoms with Crippen LogP contribution in [0.15, 0.2) is 106 Å². The predicted octanol–water partition coefficient (Wildman–Crippen LogP) is 6.78. The quantitative estimate of drug-likeness (QED) is 0.199. The van der Waals surface area contributed by atoms with Crippen LogP contribution in [0, 0.1) is 5.92 Å². The molecule has 0 nitrogen and oxygen atoms in total. The van der Waals surface area contributed by atoms with Gasteiger partial charge in [0.05, 0.1) is 0 Å². The van der Waals surface area contributed by atoms with E-state index in [0.29, 0.717) is 11.1 Å². The Kier molecular flexibility index (Phi) is 10.3. The Labute approximate surface area is 332 Å². The maximum Gasteiger partial charge on any atom is -1.00 e. The second-order valence-corrected chi connectivity index (χ2v) is 21.9. The number of rotatable bonds is 4. The Bertz CT molecular complexity index is 2190. The van der Waals surface area contributed by atoms with Gasteiger partial charge in [-0.25, -0.2) is 0 Å². The average molecular weight is 855 g/mol. The number of fused-ring (bicyclic) bond motifs is 5. The second kappa shape index (κ2) is 13.7. The Hall–Kier alpha value is -3.25. The van der Waals surface area contributed by atoms with Gasteiger partial charge in [-0.15, -0.1) is 0 Å². The van der Waals surface area contributed by atoms with Crippen LogP contribution in [0.1, 0.15) is 101 Å². The summed E-state index contributed by atoms with van der Waals surface area (Å²) in [7, 11) is 0. The van der Waals surface area contributed by atoms with Crippen molar-refractivity contribution >= 4 is 15.4 Å².